The minimum atomic E-state index is -1.80. The summed E-state index contributed by atoms with van der Waals surface area (Å²) < 4.78 is 6.67. The van der Waals surface area contributed by atoms with Crippen LogP contribution >= 0.6 is 0 Å². The summed E-state index contributed by atoms with van der Waals surface area (Å²) in [4.78, 5) is 18.3. The maximum atomic E-state index is 11.2. The molecule has 1 aliphatic rings. The molecule has 2 aromatic rings. The summed E-state index contributed by atoms with van der Waals surface area (Å²) in [6.07, 6.45) is -1.37. The van der Waals surface area contributed by atoms with Crippen molar-refractivity contribution in [2.45, 2.75) is 31.0 Å². The van der Waals surface area contributed by atoms with Crippen LogP contribution in [-0.4, -0.2) is 59.2 Å². The number of nitrogen functional groups attached to an aromatic ring is 1. The van der Waals surface area contributed by atoms with Crippen molar-refractivity contribution in [3.8, 4) is 0 Å². The number of nitrogens with two attached hydrogens (primary N) is 1. The first kappa shape index (κ1) is 15.6. The van der Waals surface area contributed by atoms with Crippen molar-refractivity contribution in [1.82, 2.24) is 14.5 Å². The van der Waals surface area contributed by atoms with Crippen molar-refractivity contribution in [2.75, 3.05) is 12.3 Å². The highest BCUT2D eigenvalue weighted by molar-refractivity contribution is 5.95. The largest absolute Gasteiger partial charge is 0.394 e. The molecule has 11 nitrogen and oxygen atoms in total. The number of aliphatic hydroxyl groups is 3. The number of fused-ring (bicyclic) bond motifs is 1. The lowest BCUT2D eigenvalue weighted by atomic mass is 9.96. The van der Waals surface area contributed by atoms with Gasteiger partial charge in [-0.25, -0.2) is 9.97 Å². The Morgan fingerprint density at radius 2 is 2.26 bits per heavy atom. The Hall–Kier alpha value is -2.34. The van der Waals surface area contributed by atoms with Gasteiger partial charge in [-0.15, -0.1) is 0 Å². The zero-order valence-corrected chi connectivity index (χ0v) is 12.0. The minimum absolute atomic E-state index is 0.0128. The van der Waals surface area contributed by atoms with Gasteiger partial charge < -0.3 is 25.8 Å². The molecule has 2 aromatic heterocycles. The minimum Gasteiger partial charge on any atom is -0.394 e. The number of hydrogen-bond acceptors (Lipinski definition) is 9. The van der Waals surface area contributed by atoms with Gasteiger partial charge in [0.15, 0.2) is 11.9 Å². The fraction of sp³-hybridized carbons (Fsp3) is 0.500. The number of aromatic nitrogens is 3. The summed E-state index contributed by atoms with van der Waals surface area (Å²) in [6, 6.07) is 0. The molecule has 124 valence electrons. The van der Waals surface area contributed by atoms with Gasteiger partial charge in [0.1, 0.15) is 35.3 Å². The van der Waals surface area contributed by atoms with Crippen molar-refractivity contribution in [1.29, 1.82) is 0 Å². The van der Waals surface area contributed by atoms with Gasteiger partial charge in [-0.05, 0) is 6.92 Å². The van der Waals surface area contributed by atoms with Crippen LogP contribution in [0.3, 0.4) is 0 Å². The van der Waals surface area contributed by atoms with Crippen LogP contribution in [0.1, 0.15) is 13.2 Å². The Balaban J connectivity index is 2.21. The van der Waals surface area contributed by atoms with E-state index in [1.165, 1.54) is 11.5 Å². The molecule has 11 heteroatoms. The molecule has 0 bridgehead atoms. The van der Waals surface area contributed by atoms with Gasteiger partial charge in [0.2, 0.25) is 0 Å². The number of anilines is 1. The average Bonchev–Trinajstić information content (AvgIpc) is 2.97. The molecule has 23 heavy (non-hydrogen) atoms. The topological polar surface area (TPSA) is 170 Å². The van der Waals surface area contributed by atoms with Gasteiger partial charge in [0.25, 0.3) is 5.69 Å². The first-order valence-electron chi connectivity index (χ1n) is 6.71. The summed E-state index contributed by atoms with van der Waals surface area (Å²) in [5.74, 6) is -0.0858. The predicted octanol–water partition coefficient (Wildman–Crippen LogP) is -1.08. The molecule has 0 saturated carbocycles. The lowest BCUT2D eigenvalue weighted by molar-refractivity contribution is -0.383. The van der Waals surface area contributed by atoms with E-state index in [0.717, 1.165) is 12.5 Å². The maximum absolute atomic E-state index is 11.2. The third kappa shape index (κ3) is 2.13. The number of rotatable bonds is 3. The SMILES string of the molecule is C[C@@]1(O)C(O)C(CO)O[C@H]1n1cc([N+](=O)[O-])c2c(N)ncnc21. The van der Waals surface area contributed by atoms with E-state index in [1.54, 1.807) is 0 Å². The highest BCUT2D eigenvalue weighted by atomic mass is 16.6. The van der Waals surface area contributed by atoms with E-state index in [9.17, 15) is 25.4 Å². The van der Waals surface area contributed by atoms with Crippen molar-refractivity contribution in [2.24, 2.45) is 0 Å². The molecule has 0 aromatic carbocycles. The average molecular weight is 325 g/mol. The van der Waals surface area contributed by atoms with E-state index in [0.29, 0.717) is 0 Å². The molecule has 1 saturated heterocycles. The number of aliphatic hydroxyl groups excluding tert-OH is 2. The van der Waals surface area contributed by atoms with Gasteiger partial charge in [-0.2, -0.15) is 0 Å². The van der Waals surface area contributed by atoms with Crippen LogP contribution in [0.4, 0.5) is 11.5 Å². The number of hydrogen-bond donors (Lipinski definition) is 4. The molecule has 0 aliphatic carbocycles. The lowest BCUT2D eigenvalue weighted by Gasteiger charge is -2.27. The molecule has 4 atom stereocenters. The summed E-state index contributed by atoms with van der Waals surface area (Å²) in [7, 11) is 0. The van der Waals surface area contributed by atoms with Crippen LogP contribution in [0.15, 0.2) is 12.5 Å². The molecule has 0 spiro atoms. The summed E-state index contributed by atoms with van der Waals surface area (Å²) in [5.41, 5.74) is 3.63. The van der Waals surface area contributed by atoms with Crippen LogP contribution in [0.5, 0.6) is 0 Å². The van der Waals surface area contributed by atoms with Gasteiger partial charge >= 0.3 is 0 Å². The first-order chi connectivity index (χ1) is 10.8. The van der Waals surface area contributed by atoms with Crippen LogP contribution in [-0.2, 0) is 4.74 Å². The van der Waals surface area contributed by atoms with Gasteiger partial charge in [-0.1, -0.05) is 0 Å². The fourth-order valence-corrected chi connectivity index (χ4v) is 2.80. The molecule has 0 amide bonds. The van der Waals surface area contributed by atoms with Gasteiger partial charge in [0, 0.05) is 0 Å². The standard InChI is InChI=1S/C12H15N5O6/c1-12(20)8(19)6(3-18)23-11(12)16-2-5(17(21)22)7-9(13)14-4-15-10(7)16/h2,4,6,8,11,18-20H,3H2,1H3,(H2,13,14,15)/t6?,8?,11-,12-/m1/s1. The van der Waals surface area contributed by atoms with Crippen LogP contribution in [0.2, 0.25) is 0 Å². The number of nitro groups is 1. The number of ether oxygens (including phenoxy) is 1. The highest BCUT2D eigenvalue weighted by Crippen LogP contribution is 2.42. The highest BCUT2D eigenvalue weighted by Gasteiger charge is 2.53. The third-order valence-corrected chi connectivity index (χ3v) is 4.00. The quantitative estimate of drug-likeness (QED) is 0.405. The van der Waals surface area contributed by atoms with E-state index < -0.39 is 35.6 Å². The molecule has 0 radical (unpaired) electrons. The fourth-order valence-electron chi connectivity index (χ4n) is 2.80. The van der Waals surface area contributed by atoms with E-state index in [4.69, 9.17) is 10.5 Å². The Kier molecular flexibility index (Phi) is 3.44. The predicted molar refractivity (Wildman–Crippen MR) is 76.2 cm³/mol. The summed E-state index contributed by atoms with van der Waals surface area (Å²) in [5, 5.41) is 41.0. The van der Waals surface area contributed by atoms with E-state index in [1.807, 2.05) is 0 Å². The smallest absolute Gasteiger partial charge is 0.300 e. The second-order valence-corrected chi connectivity index (χ2v) is 5.52. The monoisotopic (exact) mass is 325 g/mol. The van der Waals surface area contributed by atoms with E-state index >= 15 is 0 Å². The molecular weight excluding hydrogens is 310 g/mol. The van der Waals surface area contributed by atoms with Gasteiger partial charge in [0.05, 0.1) is 17.7 Å². The molecule has 1 fully saturated rings. The Bertz CT molecular complexity index is 775. The zero-order valence-electron chi connectivity index (χ0n) is 12.0. The van der Waals surface area contributed by atoms with E-state index in [-0.39, 0.29) is 22.5 Å². The van der Waals surface area contributed by atoms with Crippen LogP contribution in [0.25, 0.3) is 11.0 Å². The molecule has 3 heterocycles. The Labute approximate surface area is 129 Å². The van der Waals surface area contributed by atoms with Crippen molar-refractivity contribution in [3.63, 3.8) is 0 Å². The molecule has 2 unspecified atom stereocenters. The summed E-state index contributed by atoms with van der Waals surface area (Å²) >= 11 is 0. The number of nitrogens with zero attached hydrogens (tertiary/aromatic N) is 4. The maximum Gasteiger partial charge on any atom is 0.300 e. The van der Waals surface area contributed by atoms with Crippen molar-refractivity contribution >= 4 is 22.5 Å². The van der Waals surface area contributed by atoms with Crippen LogP contribution < -0.4 is 5.73 Å². The summed E-state index contributed by atoms with van der Waals surface area (Å²) in [6.45, 7) is 0.784. The molecule has 3 rings (SSSR count). The van der Waals surface area contributed by atoms with Crippen molar-refractivity contribution < 1.29 is 25.0 Å². The first-order valence-corrected chi connectivity index (χ1v) is 6.71. The molecule has 5 N–H and O–H groups in total. The lowest BCUT2D eigenvalue weighted by Crippen LogP contribution is -2.44. The zero-order chi connectivity index (χ0) is 16.9. The second kappa shape index (κ2) is 5.09. The Morgan fingerprint density at radius 1 is 1.57 bits per heavy atom. The van der Waals surface area contributed by atoms with Crippen LogP contribution in [0, 0.1) is 10.1 Å². The Morgan fingerprint density at radius 3 is 2.83 bits per heavy atom. The molecule has 1 aliphatic heterocycles. The normalized spacial score (nSPS) is 30.9. The van der Waals surface area contributed by atoms with Crippen molar-refractivity contribution in [3.05, 3.63) is 22.6 Å². The molecular formula is C12H15N5O6. The second-order valence-electron chi connectivity index (χ2n) is 5.52. The van der Waals surface area contributed by atoms with E-state index in [2.05, 4.69) is 9.97 Å². The third-order valence-electron chi connectivity index (χ3n) is 4.00. The van der Waals surface area contributed by atoms with Gasteiger partial charge in [-0.3, -0.25) is 14.7 Å².